The summed E-state index contributed by atoms with van der Waals surface area (Å²) in [6, 6.07) is 13.2. The highest BCUT2D eigenvalue weighted by molar-refractivity contribution is 5.78. The number of pyridine rings is 1. The van der Waals surface area contributed by atoms with E-state index >= 15 is 0 Å². The summed E-state index contributed by atoms with van der Waals surface area (Å²) < 4.78 is 0. The molecule has 2 rings (SSSR count). The zero-order chi connectivity index (χ0) is 12.8. The summed E-state index contributed by atoms with van der Waals surface area (Å²) in [6.45, 7) is 2.24. The van der Waals surface area contributed by atoms with Gasteiger partial charge in [-0.2, -0.15) is 0 Å². The van der Waals surface area contributed by atoms with E-state index in [0.717, 1.165) is 11.9 Å². The molecule has 1 unspecified atom stereocenters. The van der Waals surface area contributed by atoms with Crippen molar-refractivity contribution in [3.63, 3.8) is 0 Å². The fraction of sp³-hybridized carbons (Fsp3) is 0.438. The van der Waals surface area contributed by atoms with Crippen LogP contribution in [-0.2, 0) is 6.42 Å². The Balaban J connectivity index is 2.10. The minimum absolute atomic E-state index is 0.540. The van der Waals surface area contributed by atoms with E-state index in [4.69, 9.17) is 4.98 Å². The summed E-state index contributed by atoms with van der Waals surface area (Å²) >= 11 is 0. The number of hydrogen-bond donors (Lipinski definition) is 1. The van der Waals surface area contributed by atoms with Gasteiger partial charge in [-0.15, -0.1) is 0 Å². The Bertz CT molecular complexity index is 493. The van der Waals surface area contributed by atoms with Gasteiger partial charge in [0.25, 0.3) is 0 Å². The molecule has 0 aliphatic heterocycles. The first-order valence-electron chi connectivity index (χ1n) is 6.85. The second-order valence-electron chi connectivity index (χ2n) is 4.83. The lowest BCUT2D eigenvalue weighted by Gasteiger charge is -2.15. The molecule has 0 bridgehead atoms. The Morgan fingerprint density at radius 3 is 2.78 bits per heavy atom. The number of nitrogens with zero attached hydrogens (tertiary/aromatic N) is 1. The Morgan fingerprint density at radius 2 is 2.00 bits per heavy atom. The van der Waals surface area contributed by atoms with Gasteiger partial charge in [0.2, 0.25) is 0 Å². The van der Waals surface area contributed by atoms with Crippen LogP contribution >= 0.6 is 0 Å². The molecule has 1 aromatic heterocycles. The zero-order valence-corrected chi connectivity index (χ0v) is 11.3. The van der Waals surface area contributed by atoms with Gasteiger partial charge in [-0.3, -0.25) is 4.98 Å². The quantitative estimate of drug-likeness (QED) is 0.838. The molecule has 0 aliphatic rings. The van der Waals surface area contributed by atoms with Gasteiger partial charge >= 0.3 is 0 Å². The van der Waals surface area contributed by atoms with Crippen molar-refractivity contribution in [3.8, 4) is 0 Å². The van der Waals surface area contributed by atoms with Gasteiger partial charge < -0.3 is 5.32 Å². The number of likely N-dealkylation sites (N-methyl/N-ethyl adjacent to an activating group) is 1. The molecule has 0 radical (unpaired) electrons. The van der Waals surface area contributed by atoms with Crippen molar-refractivity contribution in [3.05, 3.63) is 42.1 Å². The lowest BCUT2D eigenvalue weighted by molar-refractivity contribution is 0.495. The van der Waals surface area contributed by atoms with Crippen LogP contribution in [0.3, 0.4) is 0 Å². The van der Waals surface area contributed by atoms with Crippen LogP contribution in [0.25, 0.3) is 10.9 Å². The first-order valence-corrected chi connectivity index (χ1v) is 6.85. The number of aromatic nitrogens is 1. The van der Waals surface area contributed by atoms with Crippen LogP contribution in [0.15, 0.2) is 36.4 Å². The van der Waals surface area contributed by atoms with E-state index in [9.17, 15) is 0 Å². The number of fused-ring (bicyclic) bond motifs is 1. The number of unbranched alkanes of at least 4 members (excludes halogenated alkanes) is 1. The van der Waals surface area contributed by atoms with E-state index in [0.29, 0.717) is 6.04 Å². The maximum absolute atomic E-state index is 4.73. The SMILES string of the molecule is CCCCC(Cc1ccc2ccccc2n1)NC. The van der Waals surface area contributed by atoms with E-state index in [-0.39, 0.29) is 0 Å². The number of para-hydroxylation sites is 1. The second-order valence-corrected chi connectivity index (χ2v) is 4.83. The van der Waals surface area contributed by atoms with Crippen LogP contribution in [0.1, 0.15) is 31.9 Å². The summed E-state index contributed by atoms with van der Waals surface area (Å²) in [5, 5.41) is 4.61. The van der Waals surface area contributed by atoms with Gasteiger partial charge in [0, 0.05) is 23.5 Å². The van der Waals surface area contributed by atoms with Crippen LogP contribution < -0.4 is 5.32 Å². The molecular formula is C16H22N2. The third kappa shape index (κ3) is 3.30. The van der Waals surface area contributed by atoms with Crippen molar-refractivity contribution in [1.82, 2.24) is 10.3 Å². The third-order valence-electron chi connectivity index (χ3n) is 3.43. The third-order valence-corrected chi connectivity index (χ3v) is 3.43. The molecule has 1 aromatic carbocycles. The minimum Gasteiger partial charge on any atom is -0.317 e. The van der Waals surface area contributed by atoms with E-state index in [1.807, 2.05) is 13.1 Å². The molecule has 0 fully saturated rings. The van der Waals surface area contributed by atoms with E-state index in [1.165, 1.54) is 30.3 Å². The first kappa shape index (κ1) is 13.0. The first-order chi connectivity index (χ1) is 8.83. The summed E-state index contributed by atoms with van der Waals surface area (Å²) in [5.74, 6) is 0. The molecule has 2 nitrogen and oxygen atoms in total. The standard InChI is InChI=1S/C16H22N2/c1-3-4-8-14(17-2)12-15-11-10-13-7-5-6-9-16(13)18-15/h5-7,9-11,14,17H,3-4,8,12H2,1-2H3. The van der Waals surface area contributed by atoms with Crippen LogP contribution in [0.5, 0.6) is 0 Å². The normalized spacial score (nSPS) is 12.8. The maximum Gasteiger partial charge on any atom is 0.0705 e. The molecule has 1 heterocycles. The van der Waals surface area contributed by atoms with Crippen LogP contribution in [0.4, 0.5) is 0 Å². The van der Waals surface area contributed by atoms with Crippen LogP contribution in [0, 0.1) is 0 Å². The summed E-state index contributed by atoms with van der Waals surface area (Å²) in [6.07, 6.45) is 4.77. The Kier molecular flexibility index (Phi) is 4.71. The number of nitrogens with one attached hydrogen (secondary N) is 1. The number of hydrogen-bond acceptors (Lipinski definition) is 2. The van der Waals surface area contributed by atoms with Crippen molar-refractivity contribution in [1.29, 1.82) is 0 Å². The molecule has 0 saturated heterocycles. The fourth-order valence-electron chi connectivity index (χ4n) is 2.27. The molecule has 1 N–H and O–H groups in total. The fourth-order valence-corrected chi connectivity index (χ4v) is 2.27. The van der Waals surface area contributed by atoms with Gasteiger partial charge in [0.05, 0.1) is 5.52 Å². The van der Waals surface area contributed by atoms with E-state index < -0.39 is 0 Å². The highest BCUT2D eigenvalue weighted by Gasteiger charge is 2.08. The molecular weight excluding hydrogens is 220 g/mol. The molecule has 96 valence electrons. The Hall–Kier alpha value is -1.41. The summed E-state index contributed by atoms with van der Waals surface area (Å²) in [7, 11) is 2.04. The van der Waals surface area contributed by atoms with Crippen molar-refractivity contribution in [2.75, 3.05) is 7.05 Å². The summed E-state index contributed by atoms with van der Waals surface area (Å²) in [4.78, 5) is 4.73. The molecule has 0 aliphatic carbocycles. The van der Waals surface area contributed by atoms with Gasteiger partial charge in [-0.05, 0) is 25.6 Å². The van der Waals surface area contributed by atoms with Crippen LogP contribution in [-0.4, -0.2) is 18.1 Å². The lowest BCUT2D eigenvalue weighted by atomic mass is 10.0. The largest absolute Gasteiger partial charge is 0.317 e. The molecule has 0 saturated carbocycles. The van der Waals surface area contributed by atoms with Crippen LogP contribution in [0.2, 0.25) is 0 Å². The average Bonchev–Trinajstić information content (AvgIpc) is 2.43. The second kappa shape index (κ2) is 6.50. The predicted octanol–water partition coefficient (Wildman–Crippen LogP) is 3.56. The Labute approximate surface area is 109 Å². The number of benzene rings is 1. The van der Waals surface area contributed by atoms with Gasteiger partial charge in [0.15, 0.2) is 0 Å². The molecule has 2 heteroatoms. The van der Waals surface area contributed by atoms with Crippen molar-refractivity contribution >= 4 is 10.9 Å². The average molecular weight is 242 g/mol. The Morgan fingerprint density at radius 1 is 1.17 bits per heavy atom. The van der Waals surface area contributed by atoms with E-state index in [1.54, 1.807) is 0 Å². The predicted molar refractivity (Wildman–Crippen MR) is 77.8 cm³/mol. The maximum atomic E-state index is 4.73. The highest BCUT2D eigenvalue weighted by Crippen LogP contribution is 2.14. The minimum atomic E-state index is 0.540. The number of rotatable bonds is 6. The highest BCUT2D eigenvalue weighted by atomic mass is 14.9. The van der Waals surface area contributed by atoms with Gasteiger partial charge in [-0.25, -0.2) is 0 Å². The zero-order valence-electron chi connectivity index (χ0n) is 11.3. The molecule has 0 spiro atoms. The van der Waals surface area contributed by atoms with Crippen molar-refractivity contribution in [2.24, 2.45) is 0 Å². The van der Waals surface area contributed by atoms with Crippen molar-refractivity contribution < 1.29 is 0 Å². The molecule has 0 amide bonds. The molecule has 2 aromatic rings. The van der Waals surface area contributed by atoms with Gasteiger partial charge in [0.1, 0.15) is 0 Å². The van der Waals surface area contributed by atoms with Crippen molar-refractivity contribution in [2.45, 2.75) is 38.6 Å². The summed E-state index contributed by atoms with van der Waals surface area (Å²) in [5.41, 5.74) is 2.28. The molecule has 18 heavy (non-hydrogen) atoms. The van der Waals surface area contributed by atoms with Gasteiger partial charge in [-0.1, -0.05) is 44.0 Å². The topological polar surface area (TPSA) is 24.9 Å². The monoisotopic (exact) mass is 242 g/mol. The smallest absolute Gasteiger partial charge is 0.0705 e. The van der Waals surface area contributed by atoms with E-state index in [2.05, 4.69) is 42.6 Å². The molecule has 1 atom stereocenters. The lowest BCUT2D eigenvalue weighted by Crippen LogP contribution is -2.27.